The van der Waals surface area contributed by atoms with Crippen LogP contribution in [0.1, 0.15) is 25.5 Å². The molecule has 0 fully saturated rings. The van der Waals surface area contributed by atoms with Gasteiger partial charge in [-0.2, -0.15) is 0 Å². The lowest BCUT2D eigenvalue weighted by Gasteiger charge is -2.39. The van der Waals surface area contributed by atoms with Crippen LogP contribution in [0.4, 0.5) is 0 Å². The van der Waals surface area contributed by atoms with Crippen molar-refractivity contribution in [2.75, 3.05) is 34.0 Å². The molecule has 4 nitrogen and oxygen atoms in total. The van der Waals surface area contributed by atoms with Crippen molar-refractivity contribution in [3.05, 3.63) is 34.9 Å². The number of nitrogens with two attached hydrogens (primary N) is 1. The Bertz CT molecular complexity index is 415. The molecule has 3 unspecified atom stereocenters. The molecule has 0 saturated heterocycles. The van der Waals surface area contributed by atoms with Crippen molar-refractivity contribution < 1.29 is 9.47 Å². The molecule has 5 heteroatoms. The summed E-state index contributed by atoms with van der Waals surface area (Å²) in [5.41, 5.74) is 7.31. The number of hydrogen-bond acceptors (Lipinski definition) is 4. The molecule has 0 spiro atoms. The molecule has 1 aromatic rings. The second-order valence-corrected chi connectivity index (χ2v) is 5.77. The van der Waals surface area contributed by atoms with Gasteiger partial charge < -0.3 is 15.2 Å². The first-order valence-electron chi connectivity index (χ1n) is 7.26. The van der Waals surface area contributed by atoms with Gasteiger partial charge in [-0.3, -0.25) is 4.90 Å². The first-order valence-corrected chi connectivity index (χ1v) is 7.64. The lowest BCUT2D eigenvalue weighted by Crippen LogP contribution is -2.47. The van der Waals surface area contributed by atoms with Crippen LogP contribution < -0.4 is 5.73 Å². The van der Waals surface area contributed by atoms with E-state index in [1.165, 1.54) is 0 Å². The maximum atomic E-state index is 6.38. The second-order valence-electron chi connectivity index (χ2n) is 5.36. The minimum atomic E-state index is -0.0546. The van der Waals surface area contributed by atoms with Gasteiger partial charge in [-0.15, -0.1) is 0 Å². The van der Waals surface area contributed by atoms with Gasteiger partial charge in [-0.1, -0.05) is 29.8 Å². The highest BCUT2D eigenvalue weighted by molar-refractivity contribution is 6.31. The molecule has 0 heterocycles. The molecule has 0 saturated carbocycles. The van der Waals surface area contributed by atoms with Crippen LogP contribution in [-0.4, -0.2) is 51.0 Å². The summed E-state index contributed by atoms with van der Waals surface area (Å²) in [7, 11) is 3.41. The first-order chi connectivity index (χ1) is 10.0. The lowest BCUT2D eigenvalue weighted by molar-refractivity contribution is 0.0401. The van der Waals surface area contributed by atoms with Gasteiger partial charge in [0.1, 0.15) is 0 Å². The molecule has 0 aromatic heterocycles. The van der Waals surface area contributed by atoms with Gasteiger partial charge in [0.15, 0.2) is 0 Å². The van der Waals surface area contributed by atoms with E-state index in [9.17, 15) is 0 Å². The van der Waals surface area contributed by atoms with Crippen molar-refractivity contribution in [1.82, 2.24) is 4.90 Å². The zero-order chi connectivity index (χ0) is 15.8. The standard InChI is InChI=1S/C16H27ClN2O2/c1-12(11-21-4)19(9-10-20-3)16(13(2)18)14-7-5-6-8-15(14)17/h5-8,12-13,16H,9-11,18H2,1-4H3. The molecule has 0 amide bonds. The Kier molecular flexibility index (Phi) is 8.22. The number of methoxy groups -OCH3 is 2. The first kappa shape index (κ1) is 18.4. The topological polar surface area (TPSA) is 47.7 Å². The van der Waals surface area contributed by atoms with Gasteiger partial charge >= 0.3 is 0 Å². The van der Waals surface area contributed by atoms with Gasteiger partial charge in [0.2, 0.25) is 0 Å². The van der Waals surface area contributed by atoms with Crippen molar-refractivity contribution >= 4 is 11.6 Å². The summed E-state index contributed by atoms with van der Waals surface area (Å²) in [6, 6.07) is 8.06. The normalized spacial score (nSPS) is 16.0. The highest BCUT2D eigenvalue weighted by Crippen LogP contribution is 2.31. The van der Waals surface area contributed by atoms with Gasteiger partial charge in [0.25, 0.3) is 0 Å². The molecular weight excluding hydrogens is 288 g/mol. The van der Waals surface area contributed by atoms with E-state index in [4.69, 9.17) is 26.8 Å². The molecule has 2 N–H and O–H groups in total. The number of nitrogens with zero attached hydrogens (tertiary/aromatic N) is 1. The molecule has 0 bridgehead atoms. The van der Waals surface area contributed by atoms with Crippen molar-refractivity contribution in [2.45, 2.75) is 32.0 Å². The Hall–Kier alpha value is -0.650. The molecule has 21 heavy (non-hydrogen) atoms. The monoisotopic (exact) mass is 314 g/mol. The Balaban J connectivity index is 3.10. The summed E-state index contributed by atoms with van der Waals surface area (Å²) >= 11 is 6.38. The molecule has 1 rings (SSSR count). The molecule has 0 aliphatic heterocycles. The zero-order valence-electron chi connectivity index (χ0n) is 13.4. The second kappa shape index (κ2) is 9.38. The number of halogens is 1. The average Bonchev–Trinajstić information content (AvgIpc) is 2.44. The van der Waals surface area contributed by atoms with Crippen LogP contribution in [0.25, 0.3) is 0 Å². The van der Waals surface area contributed by atoms with Gasteiger partial charge in [-0.05, 0) is 25.5 Å². The summed E-state index contributed by atoms with van der Waals surface area (Å²) < 4.78 is 10.5. The summed E-state index contributed by atoms with van der Waals surface area (Å²) in [5.74, 6) is 0. The average molecular weight is 315 g/mol. The summed E-state index contributed by atoms with van der Waals surface area (Å²) in [6.07, 6.45) is 0. The number of ether oxygens (including phenoxy) is 2. The number of hydrogen-bond donors (Lipinski definition) is 1. The van der Waals surface area contributed by atoms with Crippen LogP contribution in [0.15, 0.2) is 24.3 Å². The molecule has 0 radical (unpaired) electrons. The summed E-state index contributed by atoms with van der Waals surface area (Å²) in [4.78, 5) is 2.30. The van der Waals surface area contributed by atoms with Crippen molar-refractivity contribution in [3.63, 3.8) is 0 Å². The lowest BCUT2D eigenvalue weighted by atomic mass is 9.97. The van der Waals surface area contributed by atoms with Crippen LogP contribution in [0.2, 0.25) is 5.02 Å². The quantitative estimate of drug-likeness (QED) is 0.761. The summed E-state index contributed by atoms with van der Waals surface area (Å²) in [6.45, 7) is 6.19. The minimum absolute atomic E-state index is 0.0269. The largest absolute Gasteiger partial charge is 0.383 e. The van der Waals surface area contributed by atoms with E-state index in [0.29, 0.717) is 13.2 Å². The molecule has 0 aliphatic carbocycles. The molecule has 0 aliphatic rings. The fourth-order valence-electron chi connectivity index (χ4n) is 2.65. The van der Waals surface area contributed by atoms with E-state index in [0.717, 1.165) is 17.1 Å². The maximum absolute atomic E-state index is 6.38. The van der Waals surface area contributed by atoms with Crippen LogP contribution in [0.5, 0.6) is 0 Å². The van der Waals surface area contributed by atoms with E-state index >= 15 is 0 Å². The van der Waals surface area contributed by atoms with Crippen LogP contribution in [0, 0.1) is 0 Å². The van der Waals surface area contributed by atoms with E-state index in [-0.39, 0.29) is 18.1 Å². The summed E-state index contributed by atoms with van der Waals surface area (Å²) in [5, 5.41) is 0.742. The van der Waals surface area contributed by atoms with E-state index < -0.39 is 0 Å². The van der Waals surface area contributed by atoms with Crippen molar-refractivity contribution in [3.8, 4) is 0 Å². The maximum Gasteiger partial charge on any atom is 0.0615 e. The van der Waals surface area contributed by atoms with E-state index in [2.05, 4.69) is 11.8 Å². The molecule has 120 valence electrons. The van der Waals surface area contributed by atoms with Crippen molar-refractivity contribution in [1.29, 1.82) is 0 Å². The van der Waals surface area contributed by atoms with Crippen LogP contribution in [0.3, 0.4) is 0 Å². The van der Waals surface area contributed by atoms with Gasteiger partial charge in [-0.25, -0.2) is 0 Å². The number of benzene rings is 1. The third-order valence-corrected chi connectivity index (χ3v) is 3.95. The highest BCUT2D eigenvalue weighted by Gasteiger charge is 2.29. The Labute approximate surface area is 133 Å². The minimum Gasteiger partial charge on any atom is -0.383 e. The van der Waals surface area contributed by atoms with Gasteiger partial charge in [0, 0.05) is 37.9 Å². The predicted molar refractivity (Wildman–Crippen MR) is 87.8 cm³/mol. The third-order valence-electron chi connectivity index (χ3n) is 3.61. The fourth-order valence-corrected chi connectivity index (χ4v) is 2.89. The predicted octanol–water partition coefficient (Wildman–Crippen LogP) is 2.71. The Morgan fingerprint density at radius 2 is 1.86 bits per heavy atom. The molecular formula is C16H27ClN2O2. The fraction of sp³-hybridized carbons (Fsp3) is 0.625. The van der Waals surface area contributed by atoms with Crippen molar-refractivity contribution in [2.24, 2.45) is 5.73 Å². The zero-order valence-corrected chi connectivity index (χ0v) is 14.1. The third kappa shape index (κ3) is 5.24. The van der Waals surface area contributed by atoms with Gasteiger partial charge in [0.05, 0.1) is 19.3 Å². The van der Waals surface area contributed by atoms with Crippen LogP contribution in [-0.2, 0) is 9.47 Å². The SMILES string of the molecule is COCCN(C(C)COC)C(c1ccccc1Cl)C(C)N. The number of rotatable bonds is 9. The Morgan fingerprint density at radius 3 is 2.38 bits per heavy atom. The smallest absolute Gasteiger partial charge is 0.0615 e. The Morgan fingerprint density at radius 1 is 1.19 bits per heavy atom. The molecule has 1 aromatic carbocycles. The van der Waals surface area contributed by atoms with E-state index in [1.807, 2.05) is 31.2 Å². The van der Waals surface area contributed by atoms with E-state index in [1.54, 1.807) is 14.2 Å². The molecule has 3 atom stereocenters. The highest BCUT2D eigenvalue weighted by atomic mass is 35.5. The van der Waals surface area contributed by atoms with Crippen LogP contribution >= 0.6 is 11.6 Å².